The molecule has 1 heterocycles. The molecule has 1 aliphatic rings. The van der Waals surface area contributed by atoms with Crippen molar-refractivity contribution >= 4 is 5.91 Å². The molecule has 0 spiro atoms. The lowest BCUT2D eigenvalue weighted by Gasteiger charge is -2.25. The molecule has 19 heavy (non-hydrogen) atoms. The summed E-state index contributed by atoms with van der Waals surface area (Å²) in [5, 5.41) is 12.5. The number of nitrogens with one attached hydrogen (secondary N) is 1. The summed E-state index contributed by atoms with van der Waals surface area (Å²) >= 11 is 0. The molecule has 0 aliphatic carbocycles. The molecular weight excluding hydrogens is 240 g/mol. The van der Waals surface area contributed by atoms with Gasteiger partial charge in [0.1, 0.15) is 0 Å². The Kier molecular flexibility index (Phi) is 6.27. The molecule has 0 saturated carbocycles. The predicted molar refractivity (Wildman–Crippen MR) is 78.0 cm³/mol. The zero-order chi connectivity index (χ0) is 14.5. The minimum atomic E-state index is -0.283. The van der Waals surface area contributed by atoms with E-state index in [4.69, 9.17) is 0 Å². The second-order valence-corrected chi connectivity index (χ2v) is 7.01. The first-order valence-electron chi connectivity index (χ1n) is 7.47. The molecule has 0 radical (unpaired) electrons. The highest BCUT2D eigenvalue weighted by Gasteiger charge is 2.27. The van der Waals surface area contributed by atoms with Crippen molar-refractivity contribution in [2.75, 3.05) is 19.6 Å². The number of aliphatic hydroxyl groups excluding tert-OH is 1. The van der Waals surface area contributed by atoms with Crippen LogP contribution in [0.3, 0.4) is 0 Å². The molecule has 1 saturated heterocycles. The van der Waals surface area contributed by atoms with E-state index in [1.807, 2.05) is 6.92 Å². The zero-order valence-electron chi connectivity index (χ0n) is 12.9. The quantitative estimate of drug-likeness (QED) is 0.773. The number of amides is 1. The third-order valence-corrected chi connectivity index (χ3v) is 3.66. The average Bonchev–Trinajstić information content (AvgIpc) is 2.62. The Labute approximate surface area is 117 Å². The van der Waals surface area contributed by atoms with Crippen molar-refractivity contribution in [3.8, 4) is 0 Å². The number of nitrogens with zero attached hydrogens (tertiary/aromatic N) is 1. The average molecular weight is 270 g/mol. The van der Waals surface area contributed by atoms with E-state index in [0.29, 0.717) is 12.6 Å². The van der Waals surface area contributed by atoms with Crippen LogP contribution in [0.1, 0.15) is 53.4 Å². The summed E-state index contributed by atoms with van der Waals surface area (Å²) in [6.07, 6.45) is 3.72. The summed E-state index contributed by atoms with van der Waals surface area (Å²) in [7, 11) is 0. The first-order valence-corrected chi connectivity index (χ1v) is 7.47. The zero-order valence-corrected chi connectivity index (χ0v) is 12.9. The van der Waals surface area contributed by atoms with Crippen LogP contribution < -0.4 is 5.32 Å². The van der Waals surface area contributed by atoms with Crippen molar-refractivity contribution in [2.24, 2.45) is 5.41 Å². The fraction of sp³-hybridized carbons (Fsp3) is 0.933. The smallest absolute Gasteiger partial charge is 0.234 e. The summed E-state index contributed by atoms with van der Waals surface area (Å²) in [5.74, 6) is 0.113. The van der Waals surface area contributed by atoms with Crippen LogP contribution >= 0.6 is 0 Å². The summed E-state index contributed by atoms with van der Waals surface area (Å²) < 4.78 is 0. The number of likely N-dealkylation sites (tertiary alicyclic amines) is 1. The van der Waals surface area contributed by atoms with Gasteiger partial charge in [-0.25, -0.2) is 0 Å². The van der Waals surface area contributed by atoms with Gasteiger partial charge in [-0.1, -0.05) is 20.8 Å². The van der Waals surface area contributed by atoms with Crippen LogP contribution in [0, 0.1) is 5.41 Å². The van der Waals surface area contributed by atoms with Gasteiger partial charge in [-0.2, -0.15) is 0 Å². The van der Waals surface area contributed by atoms with Crippen LogP contribution in [0.25, 0.3) is 0 Å². The maximum atomic E-state index is 11.9. The Morgan fingerprint density at radius 2 is 2.16 bits per heavy atom. The van der Waals surface area contributed by atoms with Gasteiger partial charge in [0.05, 0.1) is 12.6 Å². The van der Waals surface area contributed by atoms with Crippen LogP contribution in [0.2, 0.25) is 0 Å². The maximum Gasteiger partial charge on any atom is 0.234 e. The molecule has 2 N–H and O–H groups in total. The second-order valence-electron chi connectivity index (χ2n) is 7.01. The molecule has 0 aromatic heterocycles. The molecule has 1 amide bonds. The van der Waals surface area contributed by atoms with Crippen LogP contribution in [0.15, 0.2) is 0 Å². The summed E-state index contributed by atoms with van der Waals surface area (Å²) in [6.45, 7) is 10.6. The van der Waals surface area contributed by atoms with Gasteiger partial charge in [-0.3, -0.25) is 9.69 Å². The van der Waals surface area contributed by atoms with Crippen LogP contribution in [0.4, 0.5) is 0 Å². The van der Waals surface area contributed by atoms with Crippen molar-refractivity contribution in [2.45, 2.75) is 65.5 Å². The normalized spacial score (nSPS) is 22.5. The van der Waals surface area contributed by atoms with Gasteiger partial charge < -0.3 is 10.4 Å². The molecule has 0 bridgehead atoms. The van der Waals surface area contributed by atoms with Crippen molar-refractivity contribution < 1.29 is 9.90 Å². The predicted octanol–water partition coefficient (Wildman–Crippen LogP) is 1.77. The summed E-state index contributed by atoms with van der Waals surface area (Å²) in [4.78, 5) is 14.1. The van der Waals surface area contributed by atoms with E-state index in [0.717, 1.165) is 38.8 Å². The Balaban J connectivity index is 2.27. The van der Waals surface area contributed by atoms with Crippen LogP contribution in [-0.2, 0) is 4.79 Å². The Morgan fingerprint density at radius 1 is 1.47 bits per heavy atom. The van der Waals surface area contributed by atoms with E-state index in [1.165, 1.54) is 0 Å². The molecule has 112 valence electrons. The van der Waals surface area contributed by atoms with Gasteiger partial charge in [-0.15, -0.1) is 0 Å². The van der Waals surface area contributed by atoms with Gasteiger partial charge >= 0.3 is 0 Å². The second kappa shape index (κ2) is 7.25. The van der Waals surface area contributed by atoms with E-state index in [9.17, 15) is 9.90 Å². The third kappa shape index (κ3) is 6.92. The first kappa shape index (κ1) is 16.4. The fourth-order valence-corrected chi connectivity index (χ4v) is 2.58. The number of carbonyl (C=O) groups is 1. The molecule has 0 aromatic carbocycles. The summed E-state index contributed by atoms with van der Waals surface area (Å²) in [5.41, 5.74) is 0.260. The topological polar surface area (TPSA) is 52.6 Å². The molecule has 0 aromatic rings. The highest BCUT2D eigenvalue weighted by molar-refractivity contribution is 5.78. The highest BCUT2D eigenvalue weighted by Crippen LogP contribution is 2.21. The van der Waals surface area contributed by atoms with Gasteiger partial charge in [0, 0.05) is 12.6 Å². The molecule has 2 unspecified atom stereocenters. The van der Waals surface area contributed by atoms with E-state index < -0.39 is 0 Å². The van der Waals surface area contributed by atoms with Crippen molar-refractivity contribution in [1.29, 1.82) is 0 Å². The third-order valence-electron chi connectivity index (χ3n) is 3.66. The Morgan fingerprint density at radius 3 is 2.74 bits per heavy atom. The molecule has 1 aliphatic heterocycles. The number of rotatable bonds is 6. The molecule has 1 fully saturated rings. The van der Waals surface area contributed by atoms with Gasteiger partial charge in [0.15, 0.2) is 0 Å². The van der Waals surface area contributed by atoms with Gasteiger partial charge in [0.2, 0.25) is 5.91 Å². The van der Waals surface area contributed by atoms with Crippen molar-refractivity contribution in [1.82, 2.24) is 10.2 Å². The van der Waals surface area contributed by atoms with E-state index in [2.05, 4.69) is 31.0 Å². The van der Waals surface area contributed by atoms with Gasteiger partial charge in [0.25, 0.3) is 0 Å². The molecule has 4 nitrogen and oxygen atoms in total. The first-order chi connectivity index (χ1) is 8.78. The number of carbonyl (C=O) groups excluding carboxylic acids is 1. The van der Waals surface area contributed by atoms with Crippen LogP contribution in [-0.4, -0.2) is 47.7 Å². The molecule has 2 atom stereocenters. The van der Waals surface area contributed by atoms with E-state index >= 15 is 0 Å². The van der Waals surface area contributed by atoms with E-state index in [1.54, 1.807) is 0 Å². The Bertz CT molecular complexity index is 284. The Hall–Kier alpha value is -0.610. The fourth-order valence-electron chi connectivity index (χ4n) is 2.58. The standard InChI is InChI=1S/C15H30N2O2/c1-12(18)10-13-6-5-9-17(13)11-14(19)16-8-7-15(2,3)4/h12-13,18H,5-11H2,1-4H3,(H,16,19). The van der Waals surface area contributed by atoms with Crippen LogP contribution in [0.5, 0.6) is 0 Å². The van der Waals surface area contributed by atoms with Crippen molar-refractivity contribution in [3.63, 3.8) is 0 Å². The minimum Gasteiger partial charge on any atom is -0.393 e. The lowest BCUT2D eigenvalue weighted by molar-refractivity contribution is -0.122. The lowest BCUT2D eigenvalue weighted by atomic mass is 9.92. The van der Waals surface area contributed by atoms with Gasteiger partial charge in [-0.05, 0) is 44.6 Å². The SMILES string of the molecule is CC(O)CC1CCCN1CC(=O)NCCC(C)(C)C. The lowest BCUT2D eigenvalue weighted by Crippen LogP contribution is -2.41. The maximum absolute atomic E-state index is 11.9. The molecule has 4 heteroatoms. The monoisotopic (exact) mass is 270 g/mol. The molecular formula is C15H30N2O2. The highest BCUT2D eigenvalue weighted by atomic mass is 16.3. The summed E-state index contributed by atoms with van der Waals surface area (Å²) in [6, 6.07) is 0.369. The minimum absolute atomic E-state index is 0.113. The number of hydrogen-bond donors (Lipinski definition) is 2. The number of aliphatic hydroxyl groups is 1. The van der Waals surface area contributed by atoms with Crippen molar-refractivity contribution in [3.05, 3.63) is 0 Å². The largest absolute Gasteiger partial charge is 0.393 e. The van der Waals surface area contributed by atoms with E-state index in [-0.39, 0.29) is 17.4 Å². The number of hydrogen-bond acceptors (Lipinski definition) is 3. The molecule has 1 rings (SSSR count).